The van der Waals surface area contributed by atoms with Crippen LogP contribution < -0.4 is 0 Å². The number of aromatic amines is 1. The molecular weight excluding hydrogens is 180 g/mol. The molecule has 6 nitrogen and oxygen atoms in total. The summed E-state index contributed by atoms with van der Waals surface area (Å²) in [5.41, 5.74) is 1.55. The average molecular weight is 186 g/mol. The Balaban J connectivity index is 2.24. The number of fused-ring (bicyclic) bond motifs is 1. The molecule has 0 atom stereocenters. The van der Waals surface area contributed by atoms with Gasteiger partial charge in [0.25, 0.3) is 0 Å². The second-order valence-electron chi connectivity index (χ2n) is 2.80. The van der Waals surface area contributed by atoms with Crippen molar-refractivity contribution in [2.45, 2.75) is 0 Å². The van der Waals surface area contributed by atoms with Gasteiger partial charge in [0.1, 0.15) is 12.0 Å². The Morgan fingerprint density at radius 1 is 1.36 bits per heavy atom. The molecular formula is C8H6N6. The van der Waals surface area contributed by atoms with Gasteiger partial charge in [-0.2, -0.15) is 5.10 Å². The smallest absolute Gasteiger partial charge is 0.175 e. The molecule has 0 aliphatic heterocycles. The van der Waals surface area contributed by atoms with Gasteiger partial charge in [-0.3, -0.25) is 10.1 Å². The van der Waals surface area contributed by atoms with Crippen LogP contribution in [0.3, 0.4) is 0 Å². The van der Waals surface area contributed by atoms with Crippen LogP contribution in [-0.2, 0) is 0 Å². The van der Waals surface area contributed by atoms with E-state index in [1.54, 1.807) is 12.4 Å². The maximum atomic E-state index is 4.32. The minimum absolute atomic E-state index is 0.661. The lowest BCUT2D eigenvalue weighted by Crippen LogP contribution is -1.81. The van der Waals surface area contributed by atoms with Crippen molar-refractivity contribution in [1.29, 1.82) is 0 Å². The third-order valence-corrected chi connectivity index (χ3v) is 1.92. The highest BCUT2D eigenvalue weighted by Gasteiger charge is 2.05. The monoisotopic (exact) mass is 186 g/mol. The number of rotatable bonds is 1. The summed E-state index contributed by atoms with van der Waals surface area (Å²) >= 11 is 0. The molecule has 3 aromatic rings. The Hall–Kier alpha value is -2.24. The van der Waals surface area contributed by atoms with Crippen molar-refractivity contribution >= 4 is 5.65 Å². The van der Waals surface area contributed by atoms with Crippen LogP contribution in [0.4, 0.5) is 0 Å². The highest BCUT2D eigenvalue weighted by Crippen LogP contribution is 2.12. The summed E-state index contributed by atoms with van der Waals surface area (Å²) in [5, 5.41) is 6.52. The number of hydrogen-bond acceptors (Lipinski definition) is 4. The van der Waals surface area contributed by atoms with Crippen LogP contribution in [0.15, 0.2) is 31.1 Å². The summed E-state index contributed by atoms with van der Waals surface area (Å²) in [4.78, 5) is 12.3. The summed E-state index contributed by atoms with van der Waals surface area (Å²) < 4.78 is 1.88. The largest absolute Gasteiger partial charge is 0.303 e. The summed E-state index contributed by atoms with van der Waals surface area (Å²) in [6, 6.07) is 0. The van der Waals surface area contributed by atoms with Crippen molar-refractivity contribution in [1.82, 2.24) is 29.5 Å². The third-order valence-electron chi connectivity index (χ3n) is 1.92. The van der Waals surface area contributed by atoms with Gasteiger partial charge in [0.2, 0.25) is 0 Å². The number of aromatic nitrogens is 6. The molecule has 0 aromatic carbocycles. The Kier molecular flexibility index (Phi) is 1.35. The lowest BCUT2D eigenvalue weighted by atomic mass is 10.5. The van der Waals surface area contributed by atoms with Gasteiger partial charge >= 0.3 is 0 Å². The zero-order chi connectivity index (χ0) is 9.38. The third kappa shape index (κ3) is 0.972. The van der Waals surface area contributed by atoms with Gasteiger partial charge in [0, 0.05) is 18.6 Å². The van der Waals surface area contributed by atoms with Crippen molar-refractivity contribution in [2.24, 2.45) is 0 Å². The van der Waals surface area contributed by atoms with Crippen LogP contribution in [0.2, 0.25) is 0 Å². The first-order chi connectivity index (χ1) is 6.93. The zero-order valence-electron chi connectivity index (χ0n) is 7.12. The van der Waals surface area contributed by atoms with Crippen molar-refractivity contribution in [3.05, 3.63) is 31.1 Å². The molecule has 0 aliphatic rings. The zero-order valence-corrected chi connectivity index (χ0v) is 7.12. The van der Waals surface area contributed by atoms with Crippen LogP contribution in [0.1, 0.15) is 0 Å². The lowest BCUT2D eigenvalue weighted by Gasteiger charge is -1.86. The van der Waals surface area contributed by atoms with Gasteiger partial charge < -0.3 is 4.40 Å². The predicted octanol–water partition coefficient (Wildman–Crippen LogP) is 0.514. The number of nitrogens with one attached hydrogen (secondary N) is 1. The van der Waals surface area contributed by atoms with Crippen LogP contribution >= 0.6 is 0 Å². The van der Waals surface area contributed by atoms with Crippen LogP contribution in [0.25, 0.3) is 17.2 Å². The molecule has 1 N–H and O–H groups in total. The van der Waals surface area contributed by atoms with Gasteiger partial charge in [-0.1, -0.05) is 0 Å². The van der Waals surface area contributed by atoms with E-state index in [1.165, 1.54) is 6.33 Å². The minimum atomic E-state index is 0.661. The van der Waals surface area contributed by atoms with E-state index in [2.05, 4.69) is 25.1 Å². The fraction of sp³-hybridized carbons (Fsp3) is 0. The molecule has 3 heterocycles. The van der Waals surface area contributed by atoms with Crippen LogP contribution in [0.5, 0.6) is 0 Å². The predicted molar refractivity (Wildman–Crippen MR) is 48.4 cm³/mol. The topological polar surface area (TPSA) is 71.8 Å². The summed E-state index contributed by atoms with van der Waals surface area (Å²) in [5.74, 6) is 0.661. The lowest BCUT2D eigenvalue weighted by molar-refractivity contribution is 1.09. The number of nitrogens with zero attached hydrogens (tertiary/aromatic N) is 5. The van der Waals surface area contributed by atoms with E-state index in [9.17, 15) is 0 Å². The van der Waals surface area contributed by atoms with Crippen LogP contribution in [0, 0.1) is 0 Å². The Bertz CT molecular complexity index is 519. The van der Waals surface area contributed by atoms with E-state index in [4.69, 9.17) is 0 Å². The highest BCUT2D eigenvalue weighted by atomic mass is 15.2. The van der Waals surface area contributed by atoms with E-state index < -0.39 is 0 Å². The van der Waals surface area contributed by atoms with Gasteiger partial charge in [0.05, 0.1) is 6.20 Å². The Morgan fingerprint density at radius 2 is 2.36 bits per heavy atom. The van der Waals surface area contributed by atoms with Crippen molar-refractivity contribution in [2.75, 3.05) is 0 Å². The maximum Gasteiger partial charge on any atom is 0.175 e. The Labute approximate surface area is 78.7 Å². The highest BCUT2D eigenvalue weighted by molar-refractivity contribution is 5.53. The van der Waals surface area contributed by atoms with E-state index >= 15 is 0 Å². The van der Waals surface area contributed by atoms with Gasteiger partial charge in [-0.25, -0.2) is 9.97 Å². The Morgan fingerprint density at radius 3 is 3.14 bits per heavy atom. The quantitative estimate of drug-likeness (QED) is 0.601. The number of imidazole rings is 1. The van der Waals surface area contributed by atoms with E-state index in [-0.39, 0.29) is 0 Å². The average Bonchev–Trinajstić information content (AvgIpc) is 2.86. The normalized spacial score (nSPS) is 10.9. The van der Waals surface area contributed by atoms with E-state index in [1.807, 2.05) is 16.8 Å². The maximum absolute atomic E-state index is 4.32. The van der Waals surface area contributed by atoms with Crippen molar-refractivity contribution < 1.29 is 0 Å². The molecule has 0 saturated heterocycles. The molecule has 0 saturated carbocycles. The first-order valence-corrected chi connectivity index (χ1v) is 4.08. The molecule has 68 valence electrons. The fourth-order valence-electron chi connectivity index (χ4n) is 1.29. The number of H-pyrrole nitrogens is 1. The SMILES string of the molecule is c1cn2cc(-c3ncn[nH]3)nc2cn1. The molecule has 0 spiro atoms. The van der Waals surface area contributed by atoms with Crippen LogP contribution in [-0.4, -0.2) is 29.5 Å². The first kappa shape index (κ1) is 7.19. The van der Waals surface area contributed by atoms with Gasteiger partial charge in [-0.15, -0.1) is 0 Å². The molecule has 3 aromatic heterocycles. The summed E-state index contributed by atoms with van der Waals surface area (Å²) in [6.45, 7) is 0. The van der Waals surface area contributed by atoms with Gasteiger partial charge in [0.15, 0.2) is 11.5 Å². The molecule has 0 radical (unpaired) electrons. The molecule has 0 unspecified atom stereocenters. The first-order valence-electron chi connectivity index (χ1n) is 4.08. The molecule has 0 aliphatic carbocycles. The molecule has 0 amide bonds. The van der Waals surface area contributed by atoms with Crippen molar-refractivity contribution in [3.8, 4) is 11.5 Å². The molecule has 0 bridgehead atoms. The molecule has 0 fully saturated rings. The van der Waals surface area contributed by atoms with E-state index in [0.717, 1.165) is 11.3 Å². The van der Waals surface area contributed by atoms with Gasteiger partial charge in [-0.05, 0) is 0 Å². The second kappa shape index (κ2) is 2.63. The van der Waals surface area contributed by atoms with Crippen molar-refractivity contribution in [3.63, 3.8) is 0 Å². The molecule has 6 heteroatoms. The van der Waals surface area contributed by atoms with E-state index in [0.29, 0.717) is 5.82 Å². The molecule has 14 heavy (non-hydrogen) atoms. The standard InChI is InChI=1S/C8H6N6/c1-2-14-4-6(8-10-5-11-13-8)12-7(14)3-9-1/h1-5H,(H,10,11,13). The fourth-order valence-corrected chi connectivity index (χ4v) is 1.29. The second-order valence-corrected chi connectivity index (χ2v) is 2.80. The minimum Gasteiger partial charge on any atom is -0.303 e. The summed E-state index contributed by atoms with van der Waals surface area (Å²) in [7, 11) is 0. The number of hydrogen-bond donors (Lipinski definition) is 1. The summed E-state index contributed by atoms with van der Waals surface area (Å²) in [6.07, 6.45) is 8.57. The molecule has 3 rings (SSSR count).